The Morgan fingerprint density at radius 2 is 1.79 bits per heavy atom. The van der Waals surface area contributed by atoms with Crippen LogP contribution in [-0.4, -0.2) is 17.1 Å². The molecule has 1 aromatic carbocycles. The van der Waals surface area contributed by atoms with Crippen molar-refractivity contribution < 1.29 is 0 Å². The number of anilines is 1. The minimum atomic E-state index is 0.195. The number of aromatic nitrogens is 1. The average Bonchev–Trinajstić information content (AvgIpc) is 3.57. The number of benzene rings is 1. The number of rotatable bonds is 12. The van der Waals surface area contributed by atoms with Crippen molar-refractivity contribution in [2.75, 3.05) is 5.32 Å². The number of allylic oxidation sites excluding steroid dienone is 4. The zero-order chi connectivity index (χ0) is 28.3. The van der Waals surface area contributed by atoms with Crippen molar-refractivity contribution in [2.45, 2.75) is 79.8 Å². The van der Waals surface area contributed by atoms with Crippen molar-refractivity contribution in [3.05, 3.63) is 96.3 Å². The first-order chi connectivity index (χ1) is 17.7. The van der Waals surface area contributed by atoms with Crippen molar-refractivity contribution in [2.24, 2.45) is 16.6 Å². The van der Waals surface area contributed by atoms with Crippen molar-refractivity contribution in [1.82, 2.24) is 15.6 Å². The first-order valence-corrected chi connectivity index (χ1v) is 13.5. The molecule has 1 fully saturated rings. The van der Waals surface area contributed by atoms with Gasteiger partial charge in [-0.1, -0.05) is 53.5 Å². The molecule has 1 aliphatic carbocycles. The van der Waals surface area contributed by atoms with Crippen molar-refractivity contribution >= 4 is 16.6 Å². The molecule has 1 unspecified atom stereocenters. The third kappa shape index (κ3) is 7.53. The molecule has 3 rings (SSSR count). The van der Waals surface area contributed by atoms with E-state index in [9.17, 15) is 0 Å². The first-order valence-electron chi connectivity index (χ1n) is 13.5. The molecule has 0 aliphatic heterocycles. The van der Waals surface area contributed by atoms with Crippen LogP contribution in [0, 0.1) is 10.8 Å². The van der Waals surface area contributed by atoms with Gasteiger partial charge in [0.05, 0.1) is 11.6 Å². The van der Waals surface area contributed by atoms with E-state index in [-0.39, 0.29) is 22.9 Å². The van der Waals surface area contributed by atoms with Crippen LogP contribution in [-0.2, 0) is 0 Å². The van der Waals surface area contributed by atoms with E-state index in [4.69, 9.17) is 5.73 Å². The van der Waals surface area contributed by atoms with Crippen LogP contribution in [0.2, 0.25) is 0 Å². The molecule has 5 heteroatoms. The summed E-state index contributed by atoms with van der Waals surface area (Å²) in [5.74, 6) is 0. The second-order valence-electron chi connectivity index (χ2n) is 12.4. The molecule has 2 atom stereocenters. The van der Waals surface area contributed by atoms with Gasteiger partial charge in [-0.25, -0.2) is 0 Å². The molecule has 0 saturated heterocycles. The molecule has 5 nitrogen and oxygen atoms in total. The summed E-state index contributed by atoms with van der Waals surface area (Å²) in [6, 6.07) is 10.5. The second kappa shape index (κ2) is 11.5. The predicted octanol–water partition coefficient (Wildman–Crippen LogP) is 7.54. The van der Waals surface area contributed by atoms with Crippen LogP contribution in [0.1, 0.15) is 67.7 Å². The summed E-state index contributed by atoms with van der Waals surface area (Å²) in [5.41, 5.74) is 13.9. The SMILES string of the molecule is C=C(CC(C)(C)C)N[C@@H](C)C(NC(=C)/C(C)=C\C(C(=C)N)=C(/C)Nc1cccc2ncccc12)C1(C)CC1. The Kier molecular flexibility index (Phi) is 8.81. The summed E-state index contributed by atoms with van der Waals surface area (Å²) in [7, 11) is 0. The summed E-state index contributed by atoms with van der Waals surface area (Å²) < 4.78 is 0. The van der Waals surface area contributed by atoms with Crippen LogP contribution in [0.25, 0.3) is 10.9 Å². The van der Waals surface area contributed by atoms with E-state index in [0.717, 1.165) is 51.2 Å². The lowest BCUT2D eigenvalue weighted by atomic mass is 9.89. The topological polar surface area (TPSA) is 75.0 Å². The Morgan fingerprint density at radius 1 is 1.11 bits per heavy atom. The highest BCUT2D eigenvalue weighted by molar-refractivity contribution is 5.91. The maximum absolute atomic E-state index is 6.27. The summed E-state index contributed by atoms with van der Waals surface area (Å²) in [6.45, 7) is 28.1. The molecule has 0 radical (unpaired) electrons. The highest BCUT2D eigenvalue weighted by Gasteiger charge is 2.47. The Morgan fingerprint density at radius 3 is 2.39 bits per heavy atom. The normalized spacial score (nSPS) is 17.2. The lowest BCUT2D eigenvalue weighted by Gasteiger charge is -2.35. The molecule has 204 valence electrons. The molecule has 1 heterocycles. The molecule has 1 aliphatic rings. The molecule has 1 saturated carbocycles. The minimum Gasteiger partial charge on any atom is -0.399 e. The second-order valence-corrected chi connectivity index (χ2v) is 12.4. The number of nitrogens with two attached hydrogens (primary N) is 1. The quantitative estimate of drug-likeness (QED) is 0.221. The Bertz CT molecular complexity index is 1260. The van der Waals surface area contributed by atoms with Gasteiger partial charge < -0.3 is 21.7 Å². The fourth-order valence-electron chi connectivity index (χ4n) is 5.04. The lowest BCUT2D eigenvalue weighted by Crippen LogP contribution is -2.50. The molecular weight excluding hydrogens is 466 g/mol. The van der Waals surface area contributed by atoms with Gasteiger partial charge in [0.2, 0.25) is 0 Å². The Balaban J connectivity index is 1.80. The number of nitrogens with zero attached hydrogens (tertiary/aromatic N) is 1. The van der Waals surface area contributed by atoms with E-state index in [1.165, 1.54) is 12.8 Å². The Labute approximate surface area is 230 Å². The molecule has 38 heavy (non-hydrogen) atoms. The molecular formula is C33H47N5. The summed E-state index contributed by atoms with van der Waals surface area (Å²) >= 11 is 0. The van der Waals surface area contributed by atoms with E-state index in [1.807, 2.05) is 31.2 Å². The molecule has 2 aromatic rings. The summed E-state index contributed by atoms with van der Waals surface area (Å²) in [6.07, 6.45) is 7.20. The zero-order valence-electron chi connectivity index (χ0n) is 24.5. The van der Waals surface area contributed by atoms with Gasteiger partial charge in [0.25, 0.3) is 0 Å². The number of nitrogens with one attached hydrogen (secondary N) is 3. The van der Waals surface area contributed by atoms with Gasteiger partial charge in [0.15, 0.2) is 0 Å². The molecule has 0 spiro atoms. The van der Waals surface area contributed by atoms with Crippen molar-refractivity contribution in [3.63, 3.8) is 0 Å². The van der Waals surface area contributed by atoms with E-state index in [1.54, 1.807) is 6.20 Å². The smallest absolute Gasteiger partial charge is 0.0722 e. The number of pyridine rings is 1. The number of fused-ring (bicyclic) bond motifs is 1. The fraction of sp³-hybridized carbons (Fsp3) is 0.424. The minimum absolute atomic E-state index is 0.195. The average molecular weight is 514 g/mol. The lowest BCUT2D eigenvalue weighted by molar-refractivity contribution is 0.304. The first kappa shape index (κ1) is 29.1. The molecule has 1 aromatic heterocycles. The van der Waals surface area contributed by atoms with E-state index >= 15 is 0 Å². The monoisotopic (exact) mass is 513 g/mol. The van der Waals surface area contributed by atoms with Crippen LogP contribution in [0.15, 0.2) is 96.3 Å². The van der Waals surface area contributed by atoms with Crippen molar-refractivity contribution in [1.29, 1.82) is 0 Å². The predicted molar refractivity (Wildman–Crippen MR) is 164 cm³/mol. The van der Waals surface area contributed by atoms with Gasteiger partial charge in [-0.2, -0.15) is 0 Å². The highest BCUT2D eigenvalue weighted by Crippen LogP contribution is 2.49. The maximum atomic E-state index is 6.27. The van der Waals surface area contributed by atoms with Crippen LogP contribution in [0.3, 0.4) is 0 Å². The fourth-order valence-corrected chi connectivity index (χ4v) is 5.04. The Hall–Kier alpha value is -3.47. The standard InChI is InChI=1S/C33H47N5/c1-21(24(4)38-31(33(10)16-17-33)26(6)36-22(2)20-32(7,8)9)19-28(23(3)34)25(5)37-30-15-11-14-29-27(30)13-12-18-35-29/h11-15,18-19,26,31,36-38H,2-4,16-17,20,34H2,1,5-10H3/b21-19-,28-25-/t26-,31?/m0/s1. The third-order valence-corrected chi connectivity index (χ3v) is 7.35. The zero-order valence-corrected chi connectivity index (χ0v) is 24.5. The summed E-state index contributed by atoms with van der Waals surface area (Å²) in [4.78, 5) is 4.46. The molecule has 0 amide bonds. The van der Waals surface area contributed by atoms with Gasteiger partial charge in [-0.3, -0.25) is 4.98 Å². The van der Waals surface area contributed by atoms with Crippen molar-refractivity contribution in [3.8, 4) is 0 Å². The van der Waals surface area contributed by atoms with Gasteiger partial charge in [0.1, 0.15) is 0 Å². The molecule has 5 N–H and O–H groups in total. The van der Waals surface area contributed by atoms with Gasteiger partial charge in [0, 0.05) is 51.7 Å². The van der Waals surface area contributed by atoms with E-state index < -0.39 is 0 Å². The van der Waals surface area contributed by atoms with Crippen LogP contribution >= 0.6 is 0 Å². The maximum Gasteiger partial charge on any atom is 0.0722 e. The number of hydrogen-bond acceptors (Lipinski definition) is 5. The molecule has 0 bridgehead atoms. The number of hydrogen-bond donors (Lipinski definition) is 4. The van der Waals surface area contributed by atoms with Gasteiger partial charge in [-0.05, 0) is 86.8 Å². The van der Waals surface area contributed by atoms with Crippen LogP contribution in [0.4, 0.5) is 5.69 Å². The third-order valence-electron chi connectivity index (χ3n) is 7.35. The summed E-state index contributed by atoms with van der Waals surface area (Å²) in [5, 5.41) is 12.0. The largest absolute Gasteiger partial charge is 0.399 e. The van der Waals surface area contributed by atoms with Gasteiger partial charge >= 0.3 is 0 Å². The highest BCUT2D eigenvalue weighted by atomic mass is 15.1. The van der Waals surface area contributed by atoms with Crippen LogP contribution in [0.5, 0.6) is 0 Å². The van der Waals surface area contributed by atoms with Crippen LogP contribution < -0.4 is 21.7 Å². The van der Waals surface area contributed by atoms with E-state index in [2.05, 4.69) is 94.4 Å². The van der Waals surface area contributed by atoms with Gasteiger partial charge in [-0.15, -0.1) is 0 Å². The van der Waals surface area contributed by atoms with E-state index in [0.29, 0.717) is 5.70 Å².